The normalized spacial score (nSPS) is 19.2. The first-order chi connectivity index (χ1) is 13.3. The van der Waals surface area contributed by atoms with Gasteiger partial charge in [0.05, 0.1) is 23.7 Å². The van der Waals surface area contributed by atoms with Gasteiger partial charge in [-0.25, -0.2) is 4.79 Å². The Balaban J connectivity index is 1.92. The van der Waals surface area contributed by atoms with Crippen LogP contribution in [0.4, 0.5) is 23.7 Å². The summed E-state index contributed by atoms with van der Waals surface area (Å²) >= 11 is 0. The molecule has 0 saturated heterocycles. The van der Waals surface area contributed by atoms with E-state index in [0.717, 1.165) is 12.1 Å². The molecular formula is C18H23F3N2O6. The second-order valence-corrected chi connectivity index (χ2v) is 7.64. The van der Waals surface area contributed by atoms with E-state index in [9.17, 15) is 28.1 Å². The maximum absolute atomic E-state index is 12.3. The van der Waals surface area contributed by atoms with Crippen molar-refractivity contribution in [1.82, 2.24) is 5.32 Å². The van der Waals surface area contributed by atoms with Crippen LogP contribution in [0, 0.1) is 10.1 Å². The second-order valence-electron chi connectivity index (χ2n) is 7.64. The second kappa shape index (κ2) is 8.85. The molecule has 1 amide bonds. The van der Waals surface area contributed by atoms with Gasteiger partial charge >= 0.3 is 18.0 Å². The lowest BCUT2D eigenvalue weighted by Gasteiger charge is -2.37. The third-order valence-electron chi connectivity index (χ3n) is 3.99. The van der Waals surface area contributed by atoms with Crippen LogP contribution in [0.3, 0.4) is 0 Å². The van der Waals surface area contributed by atoms with Gasteiger partial charge in [0.2, 0.25) is 0 Å². The Hall–Kier alpha value is -2.56. The number of carbonyl (C=O) groups excluding carboxylic acids is 1. The van der Waals surface area contributed by atoms with Crippen molar-refractivity contribution >= 4 is 11.8 Å². The number of halogens is 3. The fourth-order valence-electron chi connectivity index (χ4n) is 2.57. The summed E-state index contributed by atoms with van der Waals surface area (Å²) in [6.07, 6.45) is -4.06. The van der Waals surface area contributed by atoms with Crippen molar-refractivity contribution in [1.29, 1.82) is 0 Å². The Bertz CT molecular complexity index is 748. The Morgan fingerprint density at radius 1 is 1.28 bits per heavy atom. The van der Waals surface area contributed by atoms with E-state index in [-0.39, 0.29) is 18.8 Å². The van der Waals surface area contributed by atoms with Crippen LogP contribution in [-0.2, 0) is 16.1 Å². The molecule has 1 aliphatic carbocycles. The molecule has 0 unspecified atom stereocenters. The third-order valence-corrected chi connectivity index (χ3v) is 3.99. The predicted octanol–water partition coefficient (Wildman–Crippen LogP) is 4.11. The number of hydrogen-bond donors (Lipinski definition) is 1. The van der Waals surface area contributed by atoms with E-state index < -0.39 is 40.8 Å². The lowest BCUT2D eigenvalue weighted by atomic mass is 9.89. The summed E-state index contributed by atoms with van der Waals surface area (Å²) in [5.74, 6) is -0.468. The van der Waals surface area contributed by atoms with Crippen molar-refractivity contribution in [3.05, 3.63) is 33.9 Å². The molecule has 1 fully saturated rings. The molecule has 8 nitrogen and oxygen atoms in total. The first kappa shape index (κ1) is 22.7. The smallest absolute Gasteiger partial charge is 0.422 e. The molecule has 0 radical (unpaired) electrons. The van der Waals surface area contributed by atoms with Gasteiger partial charge in [0, 0.05) is 6.07 Å². The Labute approximate surface area is 165 Å². The Kier molecular flexibility index (Phi) is 6.93. The Morgan fingerprint density at radius 2 is 1.97 bits per heavy atom. The molecular weight excluding hydrogens is 397 g/mol. The van der Waals surface area contributed by atoms with Gasteiger partial charge in [-0.05, 0) is 45.2 Å². The largest absolute Gasteiger partial charge is 0.477 e. The van der Waals surface area contributed by atoms with Gasteiger partial charge in [0.1, 0.15) is 5.60 Å². The van der Waals surface area contributed by atoms with Crippen LogP contribution in [0.1, 0.15) is 39.2 Å². The maximum Gasteiger partial charge on any atom is 0.422 e. The van der Waals surface area contributed by atoms with E-state index in [1.165, 1.54) is 6.07 Å². The summed E-state index contributed by atoms with van der Waals surface area (Å²) in [6.45, 7) is 3.62. The summed E-state index contributed by atoms with van der Waals surface area (Å²) in [5, 5.41) is 13.8. The Morgan fingerprint density at radius 3 is 2.48 bits per heavy atom. The highest BCUT2D eigenvalue weighted by Crippen LogP contribution is 2.31. The minimum atomic E-state index is -4.60. The fourth-order valence-corrected chi connectivity index (χ4v) is 2.57. The first-order valence-electron chi connectivity index (χ1n) is 8.92. The van der Waals surface area contributed by atoms with Crippen molar-refractivity contribution in [3.8, 4) is 5.75 Å². The number of alkyl halides is 3. The number of nitrogens with one attached hydrogen (secondary N) is 1. The molecule has 0 aliphatic heterocycles. The van der Waals surface area contributed by atoms with Crippen LogP contribution < -0.4 is 10.1 Å². The molecule has 0 bridgehead atoms. The van der Waals surface area contributed by atoms with Gasteiger partial charge in [0.15, 0.2) is 12.4 Å². The standard InChI is InChI=1S/C18H23F3N2O6/c1-17(2,3)29-16(24)22-12-5-7-14(12)27-9-11-4-6-15(13(8-11)23(25)26)28-10-18(19,20)21/h4,6,8,12,14H,5,7,9-10H2,1-3H3,(H,22,24)/t12-,14-/m1/s1. The van der Waals surface area contributed by atoms with Crippen molar-refractivity contribution in [2.75, 3.05) is 6.61 Å². The number of alkyl carbamates (subject to hydrolysis) is 1. The summed E-state index contributed by atoms with van der Waals surface area (Å²) in [4.78, 5) is 22.1. The quantitative estimate of drug-likeness (QED) is 0.526. The number of carbonyl (C=O) groups is 1. The van der Waals surface area contributed by atoms with Gasteiger partial charge in [0.25, 0.3) is 0 Å². The highest BCUT2D eigenvalue weighted by atomic mass is 19.4. The third kappa shape index (κ3) is 7.41. The molecule has 1 saturated carbocycles. The number of nitro benzene ring substituents is 1. The van der Waals surface area contributed by atoms with E-state index in [4.69, 9.17) is 9.47 Å². The van der Waals surface area contributed by atoms with Crippen LogP contribution >= 0.6 is 0 Å². The fraction of sp³-hybridized carbons (Fsp3) is 0.611. The van der Waals surface area contributed by atoms with Gasteiger partial charge in [-0.1, -0.05) is 6.07 Å². The van der Waals surface area contributed by atoms with Gasteiger partial charge in [-0.2, -0.15) is 13.2 Å². The van der Waals surface area contributed by atoms with Crippen molar-refractivity contribution < 1.29 is 37.1 Å². The van der Waals surface area contributed by atoms with Crippen LogP contribution in [0.2, 0.25) is 0 Å². The van der Waals surface area contributed by atoms with Crippen LogP contribution in [0.25, 0.3) is 0 Å². The monoisotopic (exact) mass is 420 g/mol. The zero-order valence-electron chi connectivity index (χ0n) is 16.2. The average Bonchev–Trinajstić information content (AvgIpc) is 2.55. The van der Waals surface area contributed by atoms with E-state index >= 15 is 0 Å². The lowest BCUT2D eigenvalue weighted by Crippen LogP contribution is -2.52. The van der Waals surface area contributed by atoms with Crippen molar-refractivity contribution in [2.24, 2.45) is 0 Å². The average molecular weight is 420 g/mol. The maximum atomic E-state index is 12.3. The number of amides is 1. The van der Waals surface area contributed by atoms with Gasteiger partial charge in [-0.3, -0.25) is 10.1 Å². The van der Waals surface area contributed by atoms with E-state index in [2.05, 4.69) is 10.1 Å². The van der Waals surface area contributed by atoms with Crippen molar-refractivity contribution in [2.45, 2.75) is 64.1 Å². The first-order valence-corrected chi connectivity index (χ1v) is 8.92. The molecule has 2 atom stereocenters. The molecule has 11 heteroatoms. The summed E-state index contributed by atoms with van der Waals surface area (Å²) in [5.41, 5.74) is -0.801. The van der Waals surface area contributed by atoms with Crippen molar-refractivity contribution in [3.63, 3.8) is 0 Å². The highest BCUT2D eigenvalue weighted by Gasteiger charge is 2.34. The zero-order chi connectivity index (χ0) is 21.8. The topological polar surface area (TPSA) is 99.9 Å². The highest BCUT2D eigenvalue weighted by molar-refractivity contribution is 5.68. The van der Waals surface area contributed by atoms with E-state index in [1.807, 2.05) is 0 Å². The minimum Gasteiger partial charge on any atom is -0.477 e. The summed E-state index contributed by atoms with van der Waals surface area (Å²) in [6, 6.07) is 3.38. The molecule has 0 spiro atoms. The predicted molar refractivity (Wildman–Crippen MR) is 95.6 cm³/mol. The summed E-state index contributed by atoms with van der Waals surface area (Å²) < 4.78 is 52.2. The molecule has 29 heavy (non-hydrogen) atoms. The minimum absolute atomic E-state index is 0.00242. The molecule has 2 rings (SSSR count). The molecule has 1 aromatic carbocycles. The zero-order valence-corrected chi connectivity index (χ0v) is 16.2. The number of nitro groups is 1. The number of ether oxygens (including phenoxy) is 3. The van der Waals surface area contributed by atoms with Gasteiger partial charge < -0.3 is 19.5 Å². The molecule has 1 aliphatic rings. The van der Waals surface area contributed by atoms with E-state index in [1.54, 1.807) is 20.8 Å². The lowest BCUT2D eigenvalue weighted by molar-refractivity contribution is -0.386. The van der Waals surface area contributed by atoms with Crippen LogP contribution in [0.15, 0.2) is 18.2 Å². The number of nitrogens with zero attached hydrogens (tertiary/aromatic N) is 1. The number of benzene rings is 1. The molecule has 0 aromatic heterocycles. The molecule has 1 aromatic rings. The van der Waals surface area contributed by atoms with E-state index in [0.29, 0.717) is 18.4 Å². The molecule has 1 N–H and O–H groups in total. The molecule has 162 valence electrons. The van der Waals surface area contributed by atoms with Crippen LogP contribution in [0.5, 0.6) is 5.75 Å². The molecule has 0 heterocycles. The van der Waals surface area contributed by atoms with Gasteiger partial charge in [-0.15, -0.1) is 0 Å². The summed E-state index contributed by atoms with van der Waals surface area (Å²) in [7, 11) is 0. The van der Waals surface area contributed by atoms with Crippen LogP contribution in [-0.4, -0.2) is 41.5 Å². The SMILES string of the molecule is CC(C)(C)OC(=O)N[C@@H]1CC[C@H]1OCc1ccc(OCC(F)(F)F)c([N+](=O)[O-])c1. The number of hydrogen-bond acceptors (Lipinski definition) is 6. The number of rotatable bonds is 7.